The molecule has 0 aromatic heterocycles. The third-order valence-electron chi connectivity index (χ3n) is 9.73. The number of ether oxygens (including phenoxy) is 1. The fourth-order valence-corrected chi connectivity index (χ4v) is 9.14. The lowest BCUT2D eigenvalue weighted by molar-refractivity contribution is -0.161. The van der Waals surface area contributed by atoms with E-state index in [0.29, 0.717) is 29.6 Å². The van der Waals surface area contributed by atoms with Crippen molar-refractivity contribution in [2.24, 2.45) is 28.6 Å². The van der Waals surface area contributed by atoms with Gasteiger partial charge in [-0.15, -0.1) is 0 Å². The number of hydrogen-bond donors (Lipinski definition) is 0. The molecule has 5 aliphatic rings. The minimum atomic E-state index is -1.09. The first kappa shape index (κ1) is 19.5. The highest BCUT2D eigenvalue weighted by molar-refractivity contribution is 7.85. The Morgan fingerprint density at radius 2 is 1.71 bits per heavy atom. The van der Waals surface area contributed by atoms with Gasteiger partial charge in [-0.3, -0.25) is 9.00 Å². The molecule has 5 heteroatoms. The number of carbonyl (C=O) groups is 1. The Hall–Kier alpha value is -0.420. The van der Waals surface area contributed by atoms with E-state index in [2.05, 4.69) is 13.8 Å². The topological polar surface area (TPSA) is 46.6 Å². The molecule has 1 saturated heterocycles. The Bertz CT molecular complexity index is 693. The summed E-state index contributed by atoms with van der Waals surface area (Å²) in [5.41, 5.74) is 0.453. The summed E-state index contributed by atoms with van der Waals surface area (Å²) in [7, 11) is 0.879. The number of nitrogens with zero attached hydrogens (tertiary/aromatic N) is 1. The quantitative estimate of drug-likeness (QED) is 0.716. The SMILES string of the molecule is CN1C(=O)[C@H](S(C)=O)C[C@]2(C)[C@H]3CC[C@]4(C)[C@@H](OC5CC5)CC[C@H]4[C@@H]3CC[C@@H]12. The van der Waals surface area contributed by atoms with E-state index in [0.717, 1.165) is 24.7 Å². The summed E-state index contributed by atoms with van der Waals surface area (Å²) in [5.74, 6) is 2.29. The predicted octanol–water partition coefficient (Wildman–Crippen LogP) is 3.75. The van der Waals surface area contributed by atoms with E-state index in [9.17, 15) is 9.00 Å². The van der Waals surface area contributed by atoms with Crippen LogP contribution in [0.25, 0.3) is 0 Å². The van der Waals surface area contributed by atoms with Crippen LogP contribution in [0.5, 0.6) is 0 Å². The molecule has 9 atom stereocenters. The molecule has 4 aliphatic carbocycles. The third-order valence-corrected chi connectivity index (χ3v) is 10.9. The summed E-state index contributed by atoms with van der Waals surface area (Å²) in [6.45, 7) is 4.94. The van der Waals surface area contributed by atoms with Crippen LogP contribution in [0.15, 0.2) is 0 Å². The van der Waals surface area contributed by atoms with Crippen molar-refractivity contribution in [3.8, 4) is 0 Å². The number of rotatable bonds is 3. The molecule has 0 radical (unpaired) electrons. The molecule has 1 unspecified atom stereocenters. The van der Waals surface area contributed by atoms with E-state index in [1.807, 2.05) is 11.9 Å². The fourth-order valence-electron chi connectivity index (χ4n) is 8.10. The van der Waals surface area contributed by atoms with Crippen LogP contribution in [-0.4, -0.2) is 51.8 Å². The molecule has 0 aromatic carbocycles. The Morgan fingerprint density at radius 1 is 1.00 bits per heavy atom. The van der Waals surface area contributed by atoms with Crippen molar-refractivity contribution in [1.82, 2.24) is 4.90 Å². The van der Waals surface area contributed by atoms with Crippen LogP contribution >= 0.6 is 0 Å². The zero-order valence-corrected chi connectivity index (χ0v) is 18.8. The van der Waals surface area contributed by atoms with Crippen molar-refractivity contribution in [1.29, 1.82) is 0 Å². The number of piperidine rings is 1. The van der Waals surface area contributed by atoms with Gasteiger partial charge in [-0.05, 0) is 86.4 Å². The van der Waals surface area contributed by atoms with Gasteiger partial charge in [0, 0.05) is 30.1 Å². The van der Waals surface area contributed by atoms with E-state index >= 15 is 0 Å². The molecule has 0 spiro atoms. The zero-order chi connectivity index (χ0) is 19.8. The third kappa shape index (κ3) is 2.71. The molecule has 1 amide bonds. The summed E-state index contributed by atoms with van der Waals surface area (Å²) in [6, 6.07) is 0.324. The number of amides is 1. The molecule has 4 saturated carbocycles. The standard InChI is InChI=1S/C23H37NO3S/c1-22-12-11-17-15(16(22)8-10-20(22)27-14-5-6-14)7-9-19-23(17,2)13-18(28(4)26)21(25)24(19)3/h14-20H,5-13H2,1-4H3/t15-,16-,17-,18+,19+,20-,22-,23+,28?/m0/s1. The average molecular weight is 408 g/mol. The summed E-state index contributed by atoms with van der Waals surface area (Å²) >= 11 is 0. The summed E-state index contributed by atoms with van der Waals surface area (Å²) in [6.07, 6.45) is 13.5. The second kappa shape index (κ2) is 6.54. The second-order valence-electron chi connectivity index (χ2n) is 11.1. The summed E-state index contributed by atoms with van der Waals surface area (Å²) < 4.78 is 18.9. The molecule has 0 bridgehead atoms. The van der Waals surface area contributed by atoms with Gasteiger partial charge in [0.2, 0.25) is 5.91 Å². The van der Waals surface area contributed by atoms with Crippen LogP contribution in [0.1, 0.15) is 71.6 Å². The van der Waals surface area contributed by atoms with Crippen LogP contribution in [0.3, 0.4) is 0 Å². The highest BCUT2D eigenvalue weighted by Crippen LogP contribution is 2.65. The first-order chi connectivity index (χ1) is 13.3. The van der Waals surface area contributed by atoms with Gasteiger partial charge < -0.3 is 9.64 Å². The second-order valence-corrected chi connectivity index (χ2v) is 12.6. The van der Waals surface area contributed by atoms with E-state index in [1.165, 1.54) is 44.9 Å². The maximum atomic E-state index is 12.8. The Kier molecular flexibility index (Phi) is 4.56. The molecule has 158 valence electrons. The van der Waals surface area contributed by atoms with Crippen molar-refractivity contribution in [2.45, 2.75) is 95.1 Å². The number of likely N-dealkylation sites (tertiary alicyclic amines) is 1. The lowest BCUT2D eigenvalue weighted by Gasteiger charge is -2.62. The first-order valence-corrected chi connectivity index (χ1v) is 13.1. The molecular weight excluding hydrogens is 370 g/mol. The Labute approximate surface area is 172 Å². The largest absolute Gasteiger partial charge is 0.374 e. The van der Waals surface area contributed by atoms with Crippen molar-refractivity contribution < 1.29 is 13.7 Å². The molecule has 1 heterocycles. The van der Waals surface area contributed by atoms with Crippen molar-refractivity contribution >= 4 is 16.7 Å². The van der Waals surface area contributed by atoms with Crippen LogP contribution in [0.2, 0.25) is 0 Å². The van der Waals surface area contributed by atoms with E-state index in [-0.39, 0.29) is 16.6 Å². The molecule has 4 nitrogen and oxygen atoms in total. The number of fused-ring (bicyclic) bond motifs is 5. The molecule has 5 fully saturated rings. The van der Waals surface area contributed by atoms with Gasteiger partial charge >= 0.3 is 0 Å². The van der Waals surface area contributed by atoms with E-state index in [4.69, 9.17) is 4.74 Å². The van der Waals surface area contributed by atoms with Crippen molar-refractivity contribution in [2.75, 3.05) is 13.3 Å². The smallest absolute Gasteiger partial charge is 0.238 e. The Balaban J connectivity index is 1.42. The van der Waals surface area contributed by atoms with Crippen molar-refractivity contribution in [3.63, 3.8) is 0 Å². The summed E-state index contributed by atoms with van der Waals surface area (Å²) in [5, 5.41) is -0.312. The predicted molar refractivity (Wildman–Crippen MR) is 111 cm³/mol. The van der Waals surface area contributed by atoms with Gasteiger partial charge in [-0.25, -0.2) is 0 Å². The van der Waals surface area contributed by atoms with Crippen LogP contribution in [-0.2, 0) is 20.3 Å². The van der Waals surface area contributed by atoms with Crippen LogP contribution in [0, 0.1) is 28.6 Å². The zero-order valence-electron chi connectivity index (χ0n) is 18.0. The van der Waals surface area contributed by atoms with E-state index < -0.39 is 10.8 Å². The Morgan fingerprint density at radius 3 is 2.39 bits per heavy atom. The van der Waals surface area contributed by atoms with Crippen LogP contribution in [0.4, 0.5) is 0 Å². The van der Waals surface area contributed by atoms with Crippen LogP contribution < -0.4 is 0 Å². The van der Waals surface area contributed by atoms with Gasteiger partial charge in [0.1, 0.15) is 5.25 Å². The average Bonchev–Trinajstić information content (AvgIpc) is 3.40. The lowest BCUT2D eigenvalue weighted by atomic mass is 9.47. The normalized spacial score (nSPS) is 52.0. The van der Waals surface area contributed by atoms with E-state index in [1.54, 1.807) is 6.26 Å². The molecule has 0 N–H and O–H groups in total. The van der Waals surface area contributed by atoms with Gasteiger partial charge in [-0.1, -0.05) is 13.8 Å². The minimum Gasteiger partial charge on any atom is -0.374 e. The monoisotopic (exact) mass is 407 g/mol. The van der Waals surface area contributed by atoms with Gasteiger partial charge in [0.15, 0.2) is 0 Å². The first-order valence-electron chi connectivity index (χ1n) is 11.5. The highest BCUT2D eigenvalue weighted by atomic mass is 32.2. The van der Waals surface area contributed by atoms with Gasteiger partial charge in [0.25, 0.3) is 0 Å². The molecule has 5 rings (SSSR count). The summed E-state index contributed by atoms with van der Waals surface area (Å²) in [4.78, 5) is 14.8. The van der Waals surface area contributed by atoms with Crippen molar-refractivity contribution in [3.05, 3.63) is 0 Å². The molecular formula is C23H37NO3S. The van der Waals surface area contributed by atoms with Gasteiger partial charge in [0.05, 0.1) is 12.2 Å². The molecule has 1 aliphatic heterocycles. The molecule has 0 aromatic rings. The lowest BCUT2D eigenvalue weighted by Crippen LogP contribution is -2.65. The van der Waals surface area contributed by atoms with Gasteiger partial charge in [-0.2, -0.15) is 0 Å². The maximum Gasteiger partial charge on any atom is 0.238 e. The maximum absolute atomic E-state index is 12.8. The fraction of sp³-hybridized carbons (Fsp3) is 0.957. The molecule has 28 heavy (non-hydrogen) atoms. The number of hydrogen-bond acceptors (Lipinski definition) is 3. The number of carbonyl (C=O) groups excluding carboxylic acids is 1. The highest BCUT2D eigenvalue weighted by Gasteiger charge is 2.63. The minimum absolute atomic E-state index is 0.110.